The van der Waals surface area contributed by atoms with Crippen LogP contribution in [0, 0.1) is 0 Å². The van der Waals surface area contributed by atoms with Gasteiger partial charge in [0.25, 0.3) is 5.91 Å². The van der Waals surface area contributed by atoms with Crippen molar-refractivity contribution in [3.05, 3.63) is 48.9 Å². The Balaban J connectivity index is 1.26. The van der Waals surface area contributed by atoms with Crippen molar-refractivity contribution in [2.24, 2.45) is 7.05 Å². The van der Waals surface area contributed by atoms with Gasteiger partial charge in [-0.1, -0.05) is 0 Å². The van der Waals surface area contributed by atoms with Crippen LogP contribution < -0.4 is 10.6 Å². The van der Waals surface area contributed by atoms with E-state index in [1.54, 1.807) is 53.7 Å². The molecule has 0 spiro atoms. The molecule has 4 rings (SSSR count). The van der Waals surface area contributed by atoms with Gasteiger partial charge in [-0.2, -0.15) is 10.2 Å². The zero-order valence-corrected chi connectivity index (χ0v) is 15.9. The molecule has 4 heterocycles. The molecule has 1 saturated heterocycles. The summed E-state index contributed by atoms with van der Waals surface area (Å²) in [5, 5.41) is 13.9. The van der Waals surface area contributed by atoms with Crippen LogP contribution in [-0.4, -0.2) is 65.5 Å². The lowest BCUT2D eigenvalue weighted by molar-refractivity contribution is 0.0919. The third kappa shape index (κ3) is 4.39. The lowest BCUT2D eigenvalue weighted by Gasteiger charge is -2.32. The van der Waals surface area contributed by atoms with Gasteiger partial charge in [-0.15, -0.1) is 0 Å². The molecule has 3 aromatic heterocycles. The lowest BCUT2D eigenvalue weighted by atomic mass is 10.0. The van der Waals surface area contributed by atoms with Crippen molar-refractivity contribution in [3.63, 3.8) is 0 Å². The second-order valence-electron chi connectivity index (χ2n) is 6.81. The second-order valence-corrected chi connectivity index (χ2v) is 6.81. The number of carbonyl (C=O) groups excluding carboxylic acids is 2. The van der Waals surface area contributed by atoms with Crippen LogP contribution in [0.3, 0.4) is 0 Å². The Morgan fingerprint density at radius 3 is 2.59 bits per heavy atom. The summed E-state index contributed by atoms with van der Waals surface area (Å²) in [5.74, 6) is 0.477. The third-order valence-electron chi connectivity index (χ3n) is 4.74. The minimum absolute atomic E-state index is 0.0374. The number of carbonyl (C=O) groups is 2. The van der Waals surface area contributed by atoms with E-state index in [1.807, 2.05) is 0 Å². The highest BCUT2D eigenvalue weighted by Gasteiger charge is 2.24. The molecule has 1 aliphatic rings. The van der Waals surface area contributed by atoms with Crippen molar-refractivity contribution in [1.82, 2.24) is 39.7 Å². The number of aryl methyl sites for hydroxylation is 1. The van der Waals surface area contributed by atoms with E-state index in [4.69, 9.17) is 0 Å². The van der Waals surface area contributed by atoms with Crippen molar-refractivity contribution in [2.45, 2.75) is 18.9 Å². The van der Waals surface area contributed by atoms with Gasteiger partial charge in [0.15, 0.2) is 5.82 Å². The van der Waals surface area contributed by atoms with Crippen LogP contribution in [0.5, 0.6) is 0 Å². The Labute approximate surface area is 166 Å². The van der Waals surface area contributed by atoms with Gasteiger partial charge in [-0.05, 0) is 25.0 Å². The zero-order chi connectivity index (χ0) is 20.2. The first-order valence-electron chi connectivity index (χ1n) is 9.25. The van der Waals surface area contributed by atoms with Gasteiger partial charge in [-0.3, -0.25) is 9.48 Å². The van der Waals surface area contributed by atoms with Gasteiger partial charge in [0.05, 0.1) is 23.6 Å². The Hall–Kier alpha value is -3.76. The van der Waals surface area contributed by atoms with Crippen LogP contribution in [-0.2, 0) is 7.05 Å². The van der Waals surface area contributed by atoms with E-state index in [0.29, 0.717) is 43.0 Å². The molecular weight excluding hydrogens is 374 g/mol. The highest BCUT2D eigenvalue weighted by Crippen LogP contribution is 2.14. The molecular formula is C18H21N9O2. The van der Waals surface area contributed by atoms with Gasteiger partial charge in [-0.25, -0.2) is 19.4 Å². The van der Waals surface area contributed by atoms with Gasteiger partial charge >= 0.3 is 6.03 Å². The first-order chi connectivity index (χ1) is 14.1. The summed E-state index contributed by atoms with van der Waals surface area (Å²) in [6, 6.07) is 3.38. The number of nitrogens with one attached hydrogen (secondary N) is 2. The zero-order valence-electron chi connectivity index (χ0n) is 15.9. The number of pyridine rings is 1. The van der Waals surface area contributed by atoms with E-state index in [-0.39, 0.29) is 18.0 Å². The van der Waals surface area contributed by atoms with E-state index < -0.39 is 0 Å². The van der Waals surface area contributed by atoms with Crippen LogP contribution >= 0.6 is 0 Å². The maximum Gasteiger partial charge on any atom is 0.321 e. The highest BCUT2D eigenvalue weighted by atomic mass is 16.2. The molecule has 1 fully saturated rings. The Morgan fingerprint density at radius 1 is 1.14 bits per heavy atom. The van der Waals surface area contributed by atoms with Crippen molar-refractivity contribution in [1.29, 1.82) is 0 Å². The maximum absolute atomic E-state index is 12.5. The molecule has 0 atom stereocenters. The van der Waals surface area contributed by atoms with E-state index in [9.17, 15) is 9.59 Å². The number of amides is 3. The van der Waals surface area contributed by atoms with Crippen LogP contribution in [0.15, 0.2) is 43.4 Å². The van der Waals surface area contributed by atoms with Gasteiger partial charge in [0, 0.05) is 32.4 Å². The van der Waals surface area contributed by atoms with Crippen molar-refractivity contribution < 1.29 is 9.59 Å². The molecule has 0 bridgehead atoms. The highest BCUT2D eigenvalue weighted by molar-refractivity contribution is 5.94. The van der Waals surface area contributed by atoms with E-state index >= 15 is 0 Å². The molecule has 11 heteroatoms. The normalized spacial score (nSPS) is 14.6. The van der Waals surface area contributed by atoms with Crippen molar-refractivity contribution in [2.75, 3.05) is 18.4 Å². The van der Waals surface area contributed by atoms with Gasteiger partial charge in [0.2, 0.25) is 0 Å². The molecule has 1 aliphatic heterocycles. The molecule has 11 nitrogen and oxygen atoms in total. The average Bonchev–Trinajstić information content (AvgIpc) is 3.41. The molecule has 0 saturated carbocycles. The summed E-state index contributed by atoms with van der Waals surface area (Å²) in [5.41, 5.74) is 1.14. The number of piperidine rings is 1. The number of hydrogen-bond donors (Lipinski definition) is 2. The van der Waals surface area contributed by atoms with Crippen molar-refractivity contribution >= 4 is 17.6 Å². The molecule has 0 aromatic carbocycles. The SMILES string of the molecule is Cn1cc(C(=O)NC2CCN(C(=O)Nc3ccc(-n4cncn4)nc3)CC2)cn1. The smallest absolute Gasteiger partial charge is 0.321 e. The maximum atomic E-state index is 12.5. The second kappa shape index (κ2) is 8.09. The minimum Gasteiger partial charge on any atom is -0.349 e. The third-order valence-corrected chi connectivity index (χ3v) is 4.74. The molecule has 2 N–H and O–H groups in total. The largest absolute Gasteiger partial charge is 0.349 e. The lowest BCUT2D eigenvalue weighted by Crippen LogP contribution is -2.47. The fourth-order valence-electron chi connectivity index (χ4n) is 3.16. The Bertz CT molecular complexity index is 973. The number of urea groups is 1. The van der Waals surface area contributed by atoms with Crippen LogP contribution in [0.1, 0.15) is 23.2 Å². The Kier molecular flexibility index (Phi) is 5.18. The van der Waals surface area contributed by atoms with Crippen LogP contribution in [0.4, 0.5) is 10.5 Å². The predicted molar refractivity (Wildman–Crippen MR) is 103 cm³/mol. The molecule has 150 valence electrons. The summed E-state index contributed by atoms with van der Waals surface area (Å²) in [7, 11) is 1.77. The van der Waals surface area contributed by atoms with E-state index in [2.05, 4.69) is 30.8 Å². The fourth-order valence-corrected chi connectivity index (χ4v) is 3.16. The molecule has 0 aliphatic carbocycles. The predicted octanol–water partition coefficient (Wildman–Crippen LogP) is 0.822. The Morgan fingerprint density at radius 2 is 1.97 bits per heavy atom. The standard InChI is InChI=1S/C18H21N9O2/c1-25-10-13(8-21-25)17(28)23-14-4-6-26(7-5-14)18(29)24-15-2-3-16(20-9-15)27-12-19-11-22-27/h2-3,8-12,14H,4-7H2,1H3,(H,23,28)(H,24,29). The van der Waals surface area contributed by atoms with Gasteiger partial charge in [0.1, 0.15) is 12.7 Å². The number of anilines is 1. The summed E-state index contributed by atoms with van der Waals surface area (Å²) < 4.78 is 3.13. The molecule has 3 aromatic rings. The minimum atomic E-state index is -0.183. The van der Waals surface area contributed by atoms with E-state index in [0.717, 1.165) is 0 Å². The number of nitrogens with zero attached hydrogens (tertiary/aromatic N) is 7. The first kappa shape index (κ1) is 18.6. The van der Waals surface area contributed by atoms with Gasteiger partial charge < -0.3 is 15.5 Å². The molecule has 3 amide bonds. The van der Waals surface area contributed by atoms with Crippen LogP contribution in [0.2, 0.25) is 0 Å². The quantitative estimate of drug-likeness (QED) is 0.674. The monoisotopic (exact) mass is 395 g/mol. The first-order valence-corrected chi connectivity index (χ1v) is 9.25. The fraction of sp³-hybridized carbons (Fsp3) is 0.333. The topological polar surface area (TPSA) is 123 Å². The molecule has 0 radical (unpaired) electrons. The number of likely N-dealkylation sites (tertiary alicyclic amines) is 1. The number of aromatic nitrogens is 6. The summed E-state index contributed by atoms with van der Waals surface area (Å²) in [6.45, 7) is 1.13. The average molecular weight is 395 g/mol. The number of hydrogen-bond acceptors (Lipinski definition) is 6. The van der Waals surface area contributed by atoms with Crippen molar-refractivity contribution in [3.8, 4) is 5.82 Å². The summed E-state index contributed by atoms with van der Waals surface area (Å²) in [4.78, 5) is 34.6. The van der Waals surface area contributed by atoms with Crippen LogP contribution in [0.25, 0.3) is 5.82 Å². The molecule has 0 unspecified atom stereocenters. The number of rotatable bonds is 4. The van der Waals surface area contributed by atoms with E-state index in [1.165, 1.54) is 11.0 Å². The summed E-state index contributed by atoms with van der Waals surface area (Å²) >= 11 is 0. The summed E-state index contributed by atoms with van der Waals surface area (Å²) in [6.07, 6.45) is 9.18. The molecule has 29 heavy (non-hydrogen) atoms.